The first-order valence-electron chi connectivity index (χ1n) is 10.2. The van der Waals surface area contributed by atoms with Gasteiger partial charge in [-0.15, -0.1) is 0 Å². The molecule has 1 unspecified atom stereocenters. The molecule has 2 aromatic carbocycles. The van der Waals surface area contributed by atoms with E-state index in [2.05, 4.69) is 4.98 Å². The van der Waals surface area contributed by atoms with Gasteiger partial charge in [0, 0.05) is 24.5 Å². The number of carbonyl (C=O) groups excluding carboxylic acids is 2. The molecule has 0 saturated carbocycles. The standard InChI is InChI=1S/C25H22N2O5/c1-2-32-20-9-5-18(6-10-20)23(29)21-22(17-3-7-19(28)8-4-17)27(25(31)24(21)30)15-16-11-13-26-14-12-16/h3-14,22,28-29H,2,15H2,1H3/b23-21+. The van der Waals surface area contributed by atoms with Crippen LogP contribution in [0.25, 0.3) is 5.76 Å². The molecule has 0 aliphatic carbocycles. The van der Waals surface area contributed by atoms with Crippen LogP contribution in [-0.2, 0) is 16.1 Å². The Morgan fingerprint density at radius 3 is 2.28 bits per heavy atom. The van der Waals surface area contributed by atoms with Gasteiger partial charge in [0.05, 0.1) is 18.2 Å². The van der Waals surface area contributed by atoms with E-state index in [-0.39, 0.29) is 23.6 Å². The average Bonchev–Trinajstić information content (AvgIpc) is 3.05. The molecule has 162 valence electrons. The van der Waals surface area contributed by atoms with E-state index in [1.165, 1.54) is 17.0 Å². The Bertz CT molecular complexity index is 1160. The van der Waals surface area contributed by atoms with Crippen molar-refractivity contribution in [1.82, 2.24) is 9.88 Å². The smallest absolute Gasteiger partial charge is 0.295 e. The minimum Gasteiger partial charge on any atom is -0.508 e. The van der Waals surface area contributed by atoms with E-state index in [1.807, 2.05) is 6.92 Å². The number of aromatic nitrogens is 1. The molecule has 1 aliphatic rings. The number of phenolic OH excluding ortho intramolecular Hbond substituents is 1. The minimum absolute atomic E-state index is 0.00101. The second-order valence-electron chi connectivity index (χ2n) is 7.33. The number of hydrogen-bond acceptors (Lipinski definition) is 6. The molecular formula is C25H22N2O5. The maximum atomic E-state index is 13.0. The lowest BCUT2D eigenvalue weighted by atomic mass is 9.95. The van der Waals surface area contributed by atoms with Gasteiger partial charge in [-0.1, -0.05) is 12.1 Å². The fourth-order valence-electron chi connectivity index (χ4n) is 3.76. The first kappa shape index (κ1) is 21.1. The second kappa shape index (κ2) is 8.93. The Balaban J connectivity index is 1.81. The van der Waals surface area contributed by atoms with E-state index in [4.69, 9.17) is 4.74 Å². The van der Waals surface area contributed by atoms with Crippen LogP contribution >= 0.6 is 0 Å². The second-order valence-corrected chi connectivity index (χ2v) is 7.33. The normalized spacial score (nSPS) is 17.5. The number of ether oxygens (including phenoxy) is 1. The van der Waals surface area contributed by atoms with Crippen LogP contribution in [0.5, 0.6) is 11.5 Å². The summed E-state index contributed by atoms with van der Waals surface area (Å²) >= 11 is 0. The van der Waals surface area contributed by atoms with Gasteiger partial charge in [0.25, 0.3) is 11.7 Å². The number of pyridine rings is 1. The largest absolute Gasteiger partial charge is 0.508 e. The quantitative estimate of drug-likeness (QED) is 0.350. The molecule has 2 heterocycles. The maximum absolute atomic E-state index is 13.0. The van der Waals surface area contributed by atoms with Gasteiger partial charge >= 0.3 is 0 Å². The molecule has 0 radical (unpaired) electrons. The Kier molecular flexibility index (Phi) is 5.89. The summed E-state index contributed by atoms with van der Waals surface area (Å²) in [6.45, 7) is 2.54. The van der Waals surface area contributed by atoms with Crippen molar-refractivity contribution in [3.63, 3.8) is 0 Å². The maximum Gasteiger partial charge on any atom is 0.295 e. The molecule has 0 spiro atoms. The molecule has 1 aromatic heterocycles. The topological polar surface area (TPSA) is 100.0 Å². The Hall–Kier alpha value is -4.13. The minimum atomic E-state index is -0.810. The van der Waals surface area contributed by atoms with Crippen molar-refractivity contribution < 1.29 is 24.5 Å². The van der Waals surface area contributed by atoms with Crippen LogP contribution in [0.2, 0.25) is 0 Å². The molecule has 1 atom stereocenters. The van der Waals surface area contributed by atoms with Crippen molar-refractivity contribution >= 4 is 17.4 Å². The average molecular weight is 430 g/mol. The molecule has 1 fully saturated rings. The zero-order chi connectivity index (χ0) is 22.7. The number of rotatable bonds is 6. The summed E-state index contributed by atoms with van der Waals surface area (Å²) in [7, 11) is 0. The van der Waals surface area contributed by atoms with Crippen molar-refractivity contribution in [3.8, 4) is 11.5 Å². The lowest BCUT2D eigenvalue weighted by Crippen LogP contribution is -2.29. The first-order chi connectivity index (χ1) is 15.5. The molecule has 3 aromatic rings. The lowest BCUT2D eigenvalue weighted by molar-refractivity contribution is -0.140. The Labute approximate surface area is 185 Å². The first-order valence-corrected chi connectivity index (χ1v) is 10.2. The van der Waals surface area contributed by atoms with Crippen LogP contribution < -0.4 is 4.74 Å². The van der Waals surface area contributed by atoms with Gasteiger partial charge < -0.3 is 19.8 Å². The van der Waals surface area contributed by atoms with Gasteiger partial charge in [-0.05, 0) is 66.6 Å². The highest BCUT2D eigenvalue weighted by atomic mass is 16.5. The number of aliphatic hydroxyl groups is 1. The van der Waals surface area contributed by atoms with Crippen LogP contribution in [0.15, 0.2) is 78.6 Å². The summed E-state index contributed by atoms with van der Waals surface area (Å²) in [6.07, 6.45) is 3.23. The van der Waals surface area contributed by atoms with Gasteiger partial charge in [0.15, 0.2) is 0 Å². The number of aliphatic hydroxyl groups excluding tert-OH is 1. The molecule has 32 heavy (non-hydrogen) atoms. The van der Waals surface area contributed by atoms with Crippen LogP contribution in [0, 0.1) is 0 Å². The Morgan fingerprint density at radius 2 is 1.66 bits per heavy atom. The summed E-state index contributed by atoms with van der Waals surface area (Å²) in [6, 6.07) is 15.6. The number of ketones is 1. The molecule has 0 bridgehead atoms. The van der Waals surface area contributed by atoms with Crippen LogP contribution in [-0.4, -0.2) is 38.4 Å². The van der Waals surface area contributed by atoms with Gasteiger partial charge in [-0.25, -0.2) is 0 Å². The number of likely N-dealkylation sites (tertiary alicyclic amines) is 1. The number of Topliss-reactive ketones (excluding diaryl/α,β-unsaturated/α-hetero) is 1. The number of carbonyl (C=O) groups is 2. The molecule has 4 rings (SSSR count). The van der Waals surface area contributed by atoms with Crippen molar-refractivity contribution in [2.45, 2.75) is 19.5 Å². The van der Waals surface area contributed by atoms with E-state index in [9.17, 15) is 19.8 Å². The molecule has 7 heteroatoms. The number of benzene rings is 2. The summed E-state index contributed by atoms with van der Waals surface area (Å²) < 4.78 is 5.43. The fourth-order valence-corrected chi connectivity index (χ4v) is 3.76. The van der Waals surface area contributed by atoms with Gasteiger partial charge in [0.1, 0.15) is 17.3 Å². The molecule has 1 amide bonds. The summed E-state index contributed by atoms with van der Waals surface area (Å²) in [4.78, 5) is 31.4. The van der Waals surface area contributed by atoms with Gasteiger partial charge in [-0.3, -0.25) is 14.6 Å². The van der Waals surface area contributed by atoms with E-state index >= 15 is 0 Å². The third kappa shape index (κ3) is 4.05. The van der Waals surface area contributed by atoms with Crippen LogP contribution in [0.1, 0.15) is 29.7 Å². The highest BCUT2D eigenvalue weighted by molar-refractivity contribution is 6.46. The predicted molar refractivity (Wildman–Crippen MR) is 118 cm³/mol. The van der Waals surface area contributed by atoms with E-state index in [1.54, 1.807) is 60.9 Å². The van der Waals surface area contributed by atoms with Crippen LogP contribution in [0.3, 0.4) is 0 Å². The summed E-state index contributed by atoms with van der Waals surface area (Å²) in [5, 5.41) is 20.8. The number of hydrogen-bond donors (Lipinski definition) is 2. The molecule has 1 saturated heterocycles. The molecule has 7 nitrogen and oxygen atoms in total. The third-order valence-corrected chi connectivity index (χ3v) is 5.29. The van der Waals surface area contributed by atoms with E-state index in [0.717, 1.165) is 5.56 Å². The third-order valence-electron chi connectivity index (χ3n) is 5.29. The van der Waals surface area contributed by atoms with Crippen molar-refractivity contribution in [3.05, 3.63) is 95.3 Å². The zero-order valence-electron chi connectivity index (χ0n) is 17.4. The van der Waals surface area contributed by atoms with E-state index in [0.29, 0.717) is 23.5 Å². The predicted octanol–water partition coefficient (Wildman–Crippen LogP) is 3.81. The monoisotopic (exact) mass is 430 g/mol. The Morgan fingerprint density at radius 1 is 1.00 bits per heavy atom. The van der Waals surface area contributed by atoms with Crippen molar-refractivity contribution in [2.24, 2.45) is 0 Å². The van der Waals surface area contributed by atoms with Crippen molar-refractivity contribution in [1.29, 1.82) is 0 Å². The molecular weight excluding hydrogens is 408 g/mol. The highest BCUT2D eigenvalue weighted by Gasteiger charge is 2.46. The number of amides is 1. The number of nitrogens with zero attached hydrogens (tertiary/aromatic N) is 2. The van der Waals surface area contributed by atoms with Gasteiger partial charge in [-0.2, -0.15) is 0 Å². The number of aromatic hydroxyl groups is 1. The molecule has 2 N–H and O–H groups in total. The van der Waals surface area contributed by atoms with Gasteiger partial charge in [0.2, 0.25) is 0 Å². The zero-order valence-corrected chi connectivity index (χ0v) is 17.4. The lowest BCUT2D eigenvalue weighted by Gasteiger charge is -2.25. The van der Waals surface area contributed by atoms with E-state index < -0.39 is 17.7 Å². The summed E-state index contributed by atoms with van der Waals surface area (Å²) in [5.74, 6) is -1.03. The van der Waals surface area contributed by atoms with Crippen molar-refractivity contribution in [2.75, 3.05) is 6.61 Å². The van der Waals surface area contributed by atoms with Crippen LogP contribution in [0.4, 0.5) is 0 Å². The summed E-state index contributed by atoms with van der Waals surface area (Å²) in [5.41, 5.74) is 1.80. The number of phenols is 1. The SMILES string of the molecule is CCOc1ccc(/C(O)=C2\C(=O)C(=O)N(Cc3ccncc3)C2c2ccc(O)cc2)cc1. The fraction of sp³-hybridized carbons (Fsp3) is 0.160. The highest BCUT2D eigenvalue weighted by Crippen LogP contribution is 2.40. The molecule has 1 aliphatic heterocycles.